The second-order valence-electron chi connectivity index (χ2n) is 5.74. The first-order valence-corrected chi connectivity index (χ1v) is 7.25. The maximum atomic E-state index is 8.99. The van der Waals surface area contributed by atoms with Crippen molar-refractivity contribution in [3.05, 3.63) is 64.7 Å². The van der Waals surface area contributed by atoms with Crippen molar-refractivity contribution in [2.24, 2.45) is 0 Å². The van der Waals surface area contributed by atoms with Crippen LogP contribution in [0.3, 0.4) is 0 Å². The molecule has 21 heavy (non-hydrogen) atoms. The smallest absolute Gasteiger partial charge is 0.0991 e. The van der Waals surface area contributed by atoms with E-state index in [1.165, 1.54) is 16.7 Å². The number of aryl methyl sites for hydroxylation is 1. The third-order valence-corrected chi connectivity index (χ3v) is 4.23. The molecule has 0 radical (unpaired) electrons. The minimum Gasteiger partial charge on any atom is -0.399 e. The molecule has 106 valence electrons. The Morgan fingerprint density at radius 2 is 2.14 bits per heavy atom. The highest BCUT2D eigenvalue weighted by Gasteiger charge is 2.25. The van der Waals surface area contributed by atoms with Gasteiger partial charge in [0.2, 0.25) is 0 Å². The van der Waals surface area contributed by atoms with Crippen LogP contribution in [0.15, 0.2) is 42.5 Å². The molecule has 0 aromatic heterocycles. The molecular weight excluding hydrogens is 258 g/mol. The summed E-state index contributed by atoms with van der Waals surface area (Å²) in [5, 5.41) is 8.99. The molecule has 1 unspecified atom stereocenters. The fourth-order valence-corrected chi connectivity index (χ4v) is 3.21. The highest BCUT2D eigenvalue weighted by Crippen LogP contribution is 2.36. The Morgan fingerprint density at radius 1 is 1.29 bits per heavy atom. The highest BCUT2D eigenvalue weighted by molar-refractivity contribution is 5.47. The van der Waals surface area contributed by atoms with E-state index in [0.29, 0.717) is 6.04 Å². The first kappa shape index (κ1) is 13.7. The Balaban J connectivity index is 1.78. The van der Waals surface area contributed by atoms with E-state index in [-0.39, 0.29) is 0 Å². The molecule has 3 heteroatoms. The van der Waals surface area contributed by atoms with Gasteiger partial charge in [0, 0.05) is 18.3 Å². The Hall–Kier alpha value is -2.31. The van der Waals surface area contributed by atoms with E-state index in [0.717, 1.165) is 30.6 Å². The van der Waals surface area contributed by atoms with E-state index in [1.807, 2.05) is 24.3 Å². The Labute approximate surface area is 125 Å². The summed E-state index contributed by atoms with van der Waals surface area (Å²) in [6, 6.07) is 16.7. The average molecular weight is 277 g/mol. The molecule has 1 atom stereocenters. The minimum absolute atomic E-state index is 0.436. The molecule has 1 aliphatic rings. The number of fused-ring (bicyclic) bond motifs is 1. The Kier molecular flexibility index (Phi) is 3.64. The number of nitrogen functional groups attached to an aromatic ring is 1. The number of nitriles is 1. The molecule has 2 aromatic carbocycles. The van der Waals surface area contributed by atoms with E-state index in [9.17, 15) is 0 Å². The molecule has 0 saturated carbocycles. The fourth-order valence-electron chi connectivity index (χ4n) is 3.21. The average Bonchev–Trinajstić information content (AvgIpc) is 2.90. The second kappa shape index (κ2) is 5.59. The fraction of sp³-hybridized carbons (Fsp3) is 0.278. The van der Waals surface area contributed by atoms with Gasteiger partial charge < -0.3 is 5.73 Å². The molecule has 3 nitrogen and oxygen atoms in total. The van der Waals surface area contributed by atoms with Crippen molar-refractivity contribution in [3.63, 3.8) is 0 Å². The van der Waals surface area contributed by atoms with E-state index >= 15 is 0 Å². The standard InChI is InChI=1S/C18H19N3/c1-21(12-14-4-2-3-13(9-14)11-19)18-8-5-15-10-16(20)6-7-17(15)18/h2-4,6-7,9-10,18H,5,8,12,20H2,1H3. The van der Waals surface area contributed by atoms with Gasteiger partial charge in [0.25, 0.3) is 0 Å². The third-order valence-electron chi connectivity index (χ3n) is 4.23. The van der Waals surface area contributed by atoms with Crippen LogP contribution in [0.25, 0.3) is 0 Å². The second-order valence-corrected chi connectivity index (χ2v) is 5.74. The summed E-state index contributed by atoms with van der Waals surface area (Å²) in [4.78, 5) is 2.36. The van der Waals surface area contributed by atoms with Crippen LogP contribution in [0, 0.1) is 11.3 Å². The summed E-state index contributed by atoms with van der Waals surface area (Å²) in [7, 11) is 2.15. The molecule has 3 rings (SSSR count). The summed E-state index contributed by atoms with van der Waals surface area (Å²) in [5.41, 5.74) is 11.4. The van der Waals surface area contributed by atoms with Crippen LogP contribution in [0.2, 0.25) is 0 Å². The van der Waals surface area contributed by atoms with Gasteiger partial charge in [0.1, 0.15) is 0 Å². The lowest BCUT2D eigenvalue weighted by Crippen LogP contribution is -2.22. The number of benzene rings is 2. The van der Waals surface area contributed by atoms with E-state index in [1.54, 1.807) is 0 Å². The zero-order chi connectivity index (χ0) is 14.8. The van der Waals surface area contributed by atoms with Crippen LogP contribution in [0.1, 0.15) is 34.7 Å². The monoisotopic (exact) mass is 277 g/mol. The molecule has 0 fully saturated rings. The van der Waals surface area contributed by atoms with Crippen LogP contribution in [-0.4, -0.2) is 11.9 Å². The Bertz CT molecular complexity index is 700. The number of hydrogen-bond donors (Lipinski definition) is 1. The van der Waals surface area contributed by atoms with Gasteiger partial charge in [-0.2, -0.15) is 5.26 Å². The molecule has 0 spiro atoms. The van der Waals surface area contributed by atoms with Gasteiger partial charge in [0.05, 0.1) is 11.6 Å². The van der Waals surface area contributed by atoms with Gasteiger partial charge in [0.15, 0.2) is 0 Å². The van der Waals surface area contributed by atoms with Crippen molar-refractivity contribution in [3.8, 4) is 6.07 Å². The number of anilines is 1. The van der Waals surface area contributed by atoms with Crippen LogP contribution >= 0.6 is 0 Å². The van der Waals surface area contributed by atoms with Crippen molar-refractivity contribution >= 4 is 5.69 Å². The van der Waals surface area contributed by atoms with Gasteiger partial charge in [-0.05, 0) is 60.8 Å². The molecular formula is C18H19N3. The molecule has 2 N–H and O–H groups in total. The Morgan fingerprint density at radius 3 is 2.95 bits per heavy atom. The molecule has 0 heterocycles. The topological polar surface area (TPSA) is 53.0 Å². The summed E-state index contributed by atoms with van der Waals surface area (Å²) in [6.45, 7) is 0.851. The SMILES string of the molecule is CN(Cc1cccc(C#N)c1)C1CCc2cc(N)ccc21. The van der Waals surface area contributed by atoms with Crippen molar-refractivity contribution in [1.29, 1.82) is 5.26 Å². The normalized spacial score (nSPS) is 16.7. The lowest BCUT2D eigenvalue weighted by molar-refractivity contribution is 0.236. The van der Waals surface area contributed by atoms with Crippen molar-refractivity contribution in [2.75, 3.05) is 12.8 Å². The quantitative estimate of drug-likeness (QED) is 0.876. The van der Waals surface area contributed by atoms with Gasteiger partial charge >= 0.3 is 0 Å². The van der Waals surface area contributed by atoms with Crippen LogP contribution in [-0.2, 0) is 13.0 Å². The van der Waals surface area contributed by atoms with E-state index in [2.05, 4.69) is 36.2 Å². The summed E-state index contributed by atoms with van der Waals surface area (Å²) in [6.07, 6.45) is 2.22. The highest BCUT2D eigenvalue weighted by atomic mass is 15.1. The first-order chi connectivity index (χ1) is 10.2. The van der Waals surface area contributed by atoms with Gasteiger partial charge in [-0.25, -0.2) is 0 Å². The third kappa shape index (κ3) is 2.76. The van der Waals surface area contributed by atoms with E-state index < -0.39 is 0 Å². The van der Waals surface area contributed by atoms with E-state index in [4.69, 9.17) is 11.0 Å². The number of nitrogens with two attached hydrogens (primary N) is 1. The molecule has 0 saturated heterocycles. The minimum atomic E-state index is 0.436. The largest absolute Gasteiger partial charge is 0.399 e. The molecule has 2 aromatic rings. The lowest BCUT2D eigenvalue weighted by atomic mass is 10.1. The molecule has 0 amide bonds. The summed E-state index contributed by atoms with van der Waals surface area (Å²) >= 11 is 0. The first-order valence-electron chi connectivity index (χ1n) is 7.25. The van der Waals surface area contributed by atoms with Crippen molar-refractivity contribution < 1.29 is 0 Å². The number of hydrogen-bond acceptors (Lipinski definition) is 3. The van der Waals surface area contributed by atoms with Crippen LogP contribution < -0.4 is 5.73 Å². The maximum absolute atomic E-state index is 8.99. The number of rotatable bonds is 3. The van der Waals surface area contributed by atoms with Crippen LogP contribution in [0.5, 0.6) is 0 Å². The molecule has 0 aliphatic heterocycles. The lowest BCUT2D eigenvalue weighted by Gasteiger charge is -2.25. The number of nitrogens with zero attached hydrogens (tertiary/aromatic N) is 2. The maximum Gasteiger partial charge on any atom is 0.0991 e. The molecule has 1 aliphatic carbocycles. The van der Waals surface area contributed by atoms with Crippen molar-refractivity contribution in [1.82, 2.24) is 4.90 Å². The molecule has 0 bridgehead atoms. The van der Waals surface area contributed by atoms with Gasteiger partial charge in [-0.3, -0.25) is 4.90 Å². The predicted octanol–water partition coefficient (Wildman–Crippen LogP) is 3.26. The summed E-state index contributed by atoms with van der Waals surface area (Å²) < 4.78 is 0. The van der Waals surface area contributed by atoms with Gasteiger partial charge in [-0.1, -0.05) is 18.2 Å². The van der Waals surface area contributed by atoms with Gasteiger partial charge in [-0.15, -0.1) is 0 Å². The zero-order valence-electron chi connectivity index (χ0n) is 12.2. The van der Waals surface area contributed by atoms with Crippen molar-refractivity contribution in [2.45, 2.75) is 25.4 Å². The zero-order valence-corrected chi connectivity index (χ0v) is 12.2. The summed E-state index contributed by atoms with van der Waals surface area (Å²) in [5.74, 6) is 0. The predicted molar refractivity (Wildman–Crippen MR) is 84.5 cm³/mol. The van der Waals surface area contributed by atoms with Crippen LogP contribution in [0.4, 0.5) is 5.69 Å².